The van der Waals surface area contributed by atoms with E-state index in [0.29, 0.717) is 12.2 Å². The highest BCUT2D eigenvalue weighted by atomic mass is 19.4. The minimum atomic E-state index is -4.70. The summed E-state index contributed by atoms with van der Waals surface area (Å²) in [6, 6.07) is 5.25. The fourth-order valence-corrected chi connectivity index (χ4v) is 1.34. The Morgan fingerprint density at radius 3 is 2.33 bits per heavy atom. The number of rotatable bonds is 6. The van der Waals surface area contributed by atoms with Gasteiger partial charge in [0.1, 0.15) is 11.5 Å². The van der Waals surface area contributed by atoms with Crippen molar-refractivity contribution in [1.29, 1.82) is 0 Å². The summed E-state index contributed by atoms with van der Waals surface area (Å²) in [4.78, 5) is 11.4. The number of methoxy groups -OCH3 is 1. The molecule has 0 saturated carbocycles. The zero-order valence-corrected chi connectivity index (χ0v) is 9.79. The van der Waals surface area contributed by atoms with Crippen LogP contribution in [-0.4, -0.2) is 25.9 Å². The standard InChI is InChI=1S/C12H13F3O3/c1-17-7-6-10(16)8-9-2-4-11(5-3-9)18-12(13,14)15/h2-5H,6-8H2,1H3. The zero-order chi connectivity index (χ0) is 13.6. The number of Topliss-reactive ketones (excluding diaryl/α,β-unsaturated/α-hetero) is 1. The molecule has 0 aliphatic heterocycles. The van der Waals surface area contributed by atoms with Gasteiger partial charge >= 0.3 is 6.36 Å². The molecule has 0 spiro atoms. The van der Waals surface area contributed by atoms with Gasteiger partial charge in [-0.2, -0.15) is 0 Å². The Morgan fingerprint density at radius 2 is 1.83 bits per heavy atom. The molecule has 100 valence electrons. The molecule has 0 aromatic heterocycles. The Labute approximate surface area is 103 Å². The number of ketones is 1. The molecular weight excluding hydrogens is 249 g/mol. The van der Waals surface area contributed by atoms with Gasteiger partial charge in [0.15, 0.2) is 0 Å². The van der Waals surface area contributed by atoms with Crippen molar-refractivity contribution < 1.29 is 27.4 Å². The van der Waals surface area contributed by atoms with Gasteiger partial charge in [0.2, 0.25) is 0 Å². The van der Waals surface area contributed by atoms with E-state index in [4.69, 9.17) is 4.74 Å². The minimum Gasteiger partial charge on any atom is -0.406 e. The maximum atomic E-state index is 11.9. The van der Waals surface area contributed by atoms with E-state index in [0.717, 1.165) is 0 Å². The molecule has 1 aromatic rings. The number of benzene rings is 1. The number of ether oxygens (including phenoxy) is 2. The summed E-state index contributed by atoms with van der Waals surface area (Å²) in [5, 5.41) is 0. The van der Waals surface area contributed by atoms with Crippen molar-refractivity contribution in [3.63, 3.8) is 0 Å². The summed E-state index contributed by atoms with van der Waals surface area (Å²) in [7, 11) is 1.50. The average Bonchev–Trinajstić information content (AvgIpc) is 2.27. The second-order valence-corrected chi connectivity index (χ2v) is 3.65. The lowest BCUT2D eigenvalue weighted by molar-refractivity contribution is -0.274. The van der Waals surface area contributed by atoms with Gasteiger partial charge in [0, 0.05) is 20.0 Å². The summed E-state index contributed by atoms with van der Waals surface area (Å²) in [6.45, 7) is 0.341. The van der Waals surface area contributed by atoms with E-state index in [2.05, 4.69) is 4.74 Å². The van der Waals surface area contributed by atoms with Crippen molar-refractivity contribution in [3.8, 4) is 5.75 Å². The monoisotopic (exact) mass is 262 g/mol. The van der Waals surface area contributed by atoms with E-state index in [9.17, 15) is 18.0 Å². The van der Waals surface area contributed by atoms with E-state index >= 15 is 0 Å². The maximum absolute atomic E-state index is 11.9. The fourth-order valence-electron chi connectivity index (χ4n) is 1.34. The number of hydrogen-bond acceptors (Lipinski definition) is 3. The first kappa shape index (κ1) is 14.5. The first-order chi connectivity index (χ1) is 8.40. The van der Waals surface area contributed by atoms with Gasteiger partial charge < -0.3 is 9.47 Å². The molecule has 0 heterocycles. The molecule has 0 aliphatic rings. The van der Waals surface area contributed by atoms with E-state index in [-0.39, 0.29) is 24.4 Å². The highest BCUT2D eigenvalue weighted by Crippen LogP contribution is 2.22. The quantitative estimate of drug-likeness (QED) is 0.790. The summed E-state index contributed by atoms with van der Waals surface area (Å²) < 4.78 is 44.2. The molecule has 0 bridgehead atoms. The van der Waals surface area contributed by atoms with Crippen molar-refractivity contribution >= 4 is 5.78 Å². The second kappa shape index (κ2) is 6.39. The van der Waals surface area contributed by atoms with Crippen molar-refractivity contribution in [2.75, 3.05) is 13.7 Å². The predicted octanol–water partition coefficient (Wildman–Crippen LogP) is 2.73. The van der Waals surface area contributed by atoms with Gasteiger partial charge in [-0.15, -0.1) is 13.2 Å². The lowest BCUT2D eigenvalue weighted by atomic mass is 10.1. The summed E-state index contributed by atoms with van der Waals surface area (Å²) in [6.07, 6.45) is -4.23. The van der Waals surface area contributed by atoms with E-state index in [1.165, 1.54) is 31.4 Å². The van der Waals surface area contributed by atoms with Crippen molar-refractivity contribution in [2.45, 2.75) is 19.2 Å². The normalized spacial score (nSPS) is 11.3. The Bertz CT molecular complexity index is 385. The molecule has 0 N–H and O–H groups in total. The van der Waals surface area contributed by atoms with E-state index in [1.807, 2.05) is 0 Å². The first-order valence-electron chi connectivity index (χ1n) is 5.26. The Kier molecular flexibility index (Phi) is 5.15. The Hall–Kier alpha value is -1.56. The molecule has 18 heavy (non-hydrogen) atoms. The van der Waals surface area contributed by atoms with Crippen molar-refractivity contribution in [1.82, 2.24) is 0 Å². The van der Waals surface area contributed by atoms with Gasteiger partial charge in [-0.1, -0.05) is 12.1 Å². The smallest absolute Gasteiger partial charge is 0.406 e. The average molecular weight is 262 g/mol. The van der Waals surface area contributed by atoms with Crippen LogP contribution in [0.5, 0.6) is 5.75 Å². The molecule has 0 aliphatic carbocycles. The molecule has 6 heteroatoms. The van der Waals surface area contributed by atoms with E-state index in [1.54, 1.807) is 0 Å². The third kappa shape index (κ3) is 5.67. The lowest BCUT2D eigenvalue weighted by Gasteiger charge is -2.09. The zero-order valence-electron chi connectivity index (χ0n) is 9.79. The van der Waals surface area contributed by atoms with E-state index < -0.39 is 6.36 Å². The summed E-state index contributed by atoms with van der Waals surface area (Å²) in [5.74, 6) is -0.322. The predicted molar refractivity (Wildman–Crippen MR) is 58.3 cm³/mol. The third-order valence-electron chi connectivity index (χ3n) is 2.14. The van der Waals surface area contributed by atoms with Crippen LogP contribution in [0, 0.1) is 0 Å². The molecule has 0 fully saturated rings. The topological polar surface area (TPSA) is 35.5 Å². The van der Waals surface area contributed by atoms with Gasteiger partial charge in [-0.3, -0.25) is 4.79 Å². The van der Waals surface area contributed by atoms with Crippen LogP contribution in [0.1, 0.15) is 12.0 Å². The SMILES string of the molecule is COCCC(=O)Cc1ccc(OC(F)(F)F)cc1. The summed E-state index contributed by atoms with van der Waals surface area (Å²) >= 11 is 0. The van der Waals surface area contributed by atoms with Crippen LogP contribution in [0.3, 0.4) is 0 Å². The number of alkyl halides is 3. The van der Waals surface area contributed by atoms with Gasteiger partial charge in [0.05, 0.1) is 6.61 Å². The fraction of sp³-hybridized carbons (Fsp3) is 0.417. The van der Waals surface area contributed by atoms with Crippen LogP contribution >= 0.6 is 0 Å². The summed E-state index contributed by atoms with van der Waals surface area (Å²) in [5.41, 5.74) is 0.644. The third-order valence-corrected chi connectivity index (χ3v) is 2.14. The highest BCUT2D eigenvalue weighted by Gasteiger charge is 2.30. The van der Waals surface area contributed by atoms with Crippen LogP contribution in [0.2, 0.25) is 0 Å². The van der Waals surface area contributed by atoms with Crippen LogP contribution in [0.25, 0.3) is 0 Å². The number of halogens is 3. The molecule has 0 unspecified atom stereocenters. The molecule has 0 radical (unpaired) electrons. The Balaban J connectivity index is 2.52. The minimum absolute atomic E-state index is 0.0265. The van der Waals surface area contributed by atoms with Crippen molar-refractivity contribution in [3.05, 3.63) is 29.8 Å². The second-order valence-electron chi connectivity index (χ2n) is 3.65. The molecule has 0 amide bonds. The number of carbonyl (C=O) groups excluding carboxylic acids is 1. The van der Waals surface area contributed by atoms with Crippen molar-refractivity contribution in [2.24, 2.45) is 0 Å². The highest BCUT2D eigenvalue weighted by molar-refractivity contribution is 5.80. The first-order valence-corrected chi connectivity index (χ1v) is 5.26. The van der Waals surface area contributed by atoms with Gasteiger partial charge in [0.25, 0.3) is 0 Å². The van der Waals surface area contributed by atoms with Gasteiger partial charge in [-0.25, -0.2) is 0 Å². The van der Waals surface area contributed by atoms with Gasteiger partial charge in [-0.05, 0) is 17.7 Å². The molecule has 0 saturated heterocycles. The van der Waals surface area contributed by atoms with Crippen LogP contribution in [0.15, 0.2) is 24.3 Å². The lowest BCUT2D eigenvalue weighted by Crippen LogP contribution is -2.17. The molecule has 1 aromatic carbocycles. The Morgan fingerprint density at radius 1 is 1.22 bits per heavy atom. The number of carbonyl (C=O) groups is 1. The molecule has 3 nitrogen and oxygen atoms in total. The molecule has 0 atom stereocenters. The van der Waals surface area contributed by atoms with Crippen LogP contribution in [0.4, 0.5) is 13.2 Å². The molecular formula is C12H13F3O3. The largest absolute Gasteiger partial charge is 0.573 e. The van der Waals surface area contributed by atoms with Crippen LogP contribution < -0.4 is 4.74 Å². The molecule has 1 rings (SSSR count). The van der Waals surface area contributed by atoms with Crippen LogP contribution in [-0.2, 0) is 16.0 Å². The number of hydrogen-bond donors (Lipinski definition) is 0. The maximum Gasteiger partial charge on any atom is 0.573 e.